The third-order valence-electron chi connectivity index (χ3n) is 4.14. The van der Waals surface area contributed by atoms with Crippen molar-refractivity contribution >= 4 is 39.1 Å². The SMILES string of the molecule is CC(=O)N(C(=O)Cc1ccc(C)cc1)c1cc(Br)cc2c1NCC2. The van der Waals surface area contributed by atoms with E-state index in [1.165, 1.54) is 11.8 Å². The van der Waals surface area contributed by atoms with E-state index >= 15 is 0 Å². The summed E-state index contributed by atoms with van der Waals surface area (Å²) in [5.41, 5.74) is 4.67. The Balaban J connectivity index is 1.94. The first-order valence-electron chi connectivity index (χ1n) is 7.91. The maximum absolute atomic E-state index is 12.8. The van der Waals surface area contributed by atoms with Gasteiger partial charge in [-0.3, -0.25) is 9.59 Å². The van der Waals surface area contributed by atoms with Crippen LogP contribution in [0.5, 0.6) is 0 Å². The van der Waals surface area contributed by atoms with Gasteiger partial charge >= 0.3 is 0 Å². The van der Waals surface area contributed by atoms with Crippen molar-refractivity contribution in [1.82, 2.24) is 0 Å². The van der Waals surface area contributed by atoms with Crippen LogP contribution in [0.4, 0.5) is 11.4 Å². The molecule has 2 amide bonds. The van der Waals surface area contributed by atoms with Gasteiger partial charge in [-0.2, -0.15) is 0 Å². The zero-order chi connectivity index (χ0) is 17.3. The van der Waals surface area contributed by atoms with Crippen molar-refractivity contribution in [1.29, 1.82) is 0 Å². The number of aryl methyl sites for hydroxylation is 1. The third kappa shape index (κ3) is 3.36. The first-order chi connectivity index (χ1) is 11.5. The van der Waals surface area contributed by atoms with Gasteiger partial charge in [0.15, 0.2) is 0 Å². The highest BCUT2D eigenvalue weighted by molar-refractivity contribution is 9.10. The van der Waals surface area contributed by atoms with Gasteiger partial charge in [0.25, 0.3) is 0 Å². The van der Waals surface area contributed by atoms with Crippen LogP contribution in [0, 0.1) is 6.92 Å². The number of hydrogen-bond acceptors (Lipinski definition) is 3. The molecule has 0 radical (unpaired) electrons. The van der Waals surface area contributed by atoms with Crippen molar-refractivity contribution in [3.63, 3.8) is 0 Å². The molecule has 4 nitrogen and oxygen atoms in total. The number of amides is 2. The van der Waals surface area contributed by atoms with Gasteiger partial charge in [-0.1, -0.05) is 45.8 Å². The van der Waals surface area contributed by atoms with Crippen LogP contribution in [0.15, 0.2) is 40.9 Å². The number of rotatable bonds is 3. The van der Waals surface area contributed by atoms with E-state index in [9.17, 15) is 9.59 Å². The zero-order valence-electron chi connectivity index (χ0n) is 13.7. The third-order valence-corrected chi connectivity index (χ3v) is 4.60. The Morgan fingerprint density at radius 1 is 1.21 bits per heavy atom. The summed E-state index contributed by atoms with van der Waals surface area (Å²) in [5, 5.41) is 3.29. The second-order valence-electron chi connectivity index (χ2n) is 6.05. The number of imide groups is 1. The fourth-order valence-electron chi connectivity index (χ4n) is 2.99. The molecule has 0 saturated carbocycles. The topological polar surface area (TPSA) is 49.4 Å². The van der Waals surface area contributed by atoms with Crippen LogP contribution < -0.4 is 10.2 Å². The Morgan fingerprint density at radius 2 is 1.92 bits per heavy atom. The predicted octanol–water partition coefficient (Wildman–Crippen LogP) is 3.85. The minimum Gasteiger partial charge on any atom is -0.383 e. The second kappa shape index (κ2) is 6.77. The van der Waals surface area contributed by atoms with Crippen molar-refractivity contribution in [3.05, 3.63) is 57.6 Å². The van der Waals surface area contributed by atoms with E-state index in [2.05, 4.69) is 21.2 Å². The van der Waals surface area contributed by atoms with Gasteiger partial charge in [-0.15, -0.1) is 0 Å². The molecule has 1 aliphatic rings. The van der Waals surface area contributed by atoms with E-state index in [-0.39, 0.29) is 18.2 Å². The molecule has 1 N–H and O–H groups in total. The average molecular weight is 387 g/mol. The number of fused-ring (bicyclic) bond motifs is 1. The summed E-state index contributed by atoms with van der Waals surface area (Å²) in [6, 6.07) is 11.6. The van der Waals surface area contributed by atoms with E-state index in [0.29, 0.717) is 5.69 Å². The average Bonchev–Trinajstić information content (AvgIpc) is 2.97. The Hall–Kier alpha value is -2.14. The summed E-state index contributed by atoms with van der Waals surface area (Å²) in [6.07, 6.45) is 1.08. The minimum atomic E-state index is -0.277. The van der Waals surface area contributed by atoms with E-state index in [1.54, 1.807) is 0 Å². The molecule has 3 rings (SSSR count). The molecule has 0 bridgehead atoms. The van der Waals surface area contributed by atoms with E-state index < -0.39 is 0 Å². The summed E-state index contributed by atoms with van der Waals surface area (Å²) in [6.45, 7) is 4.25. The minimum absolute atomic E-state index is 0.196. The van der Waals surface area contributed by atoms with Gasteiger partial charge in [0.2, 0.25) is 11.8 Å². The molecule has 24 heavy (non-hydrogen) atoms. The number of carbonyl (C=O) groups excluding carboxylic acids is 2. The van der Waals surface area contributed by atoms with E-state index in [1.807, 2.05) is 43.3 Å². The lowest BCUT2D eigenvalue weighted by Gasteiger charge is -2.22. The van der Waals surface area contributed by atoms with E-state index in [4.69, 9.17) is 0 Å². The van der Waals surface area contributed by atoms with Crippen LogP contribution >= 0.6 is 15.9 Å². The highest BCUT2D eigenvalue weighted by atomic mass is 79.9. The van der Waals surface area contributed by atoms with Gasteiger partial charge in [-0.05, 0) is 36.6 Å². The summed E-state index contributed by atoms with van der Waals surface area (Å²) >= 11 is 3.48. The maximum atomic E-state index is 12.8. The number of nitrogens with zero attached hydrogens (tertiary/aromatic N) is 1. The monoisotopic (exact) mass is 386 g/mol. The molecule has 124 valence electrons. The van der Waals surface area contributed by atoms with Crippen LogP contribution in [0.2, 0.25) is 0 Å². The summed E-state index contributed by atoms with van der Waals surface area (Å²) in [7, 11) is 0. The molecule has 1 aliphatic heterocycles. The first-order valence-corrected chi connectivity index (χ1v) is 8.70. The quantitative estimate of drug-likeness (QED) is 0.871. The van der Waals surface area contributed by atoms with Gasteiger partial charge in [0.05, 0.1) is 17.8 Å². The molecule has 0 atom stereocenters. The standard InChI is InChI=1S/C19H19BrN2O2/c1-12-3-5-14(6-4-12)9-18(24)22(13(2)23)17-11-16(20)10-15-7-8-21-19(15)17/h3-6,10-11,21H,7-9H2,1-2H3. The summed E-state index contributed by atoms with van der Waals surface area (Å²) < 4.78 is 0.870. The van der Waals surface area contributed by atoms with Gasteiger partial charge in [0, 0.05) is 17.9 Å². The maximum Gasteiger partial charge on any atom is 0.238 e. The lowest BCUT2D eigenvalue weighted by atomic mass is 10.1. The van der Waals surface area contributed by atoms with Crippen LogP contribution in [-0.2, 0) is 22.4 Å². The lowest BCUT2D eigenvalue weighted by Crippen LogP contribution is -2.36. The molecular weight excluding hydrogens is 368 g/mol. The Kier molecular flexibility index (Phi) is 4.71. The summed E-state index contributed by atoms with van der Waals surface area (Å²) in [4.78, 5) is 26.3. The molecule has 0 aliphatic carbocycles. The number of hydrogen-bond donors (Lipinski definition) is 1. The smallest absolute Gasteiger partial charge is 0.238 e. The molecule has 0 saturated heterocycles. The molecule has 0 unspecified atom stereocenters. The van der Waals surface area contributed by atoms with Gasteiger partial charge < -0.3 is 5.32 Å². The van der Waals surface area contributed by atoms with Crippen molar-refractivity contribution in [2.45, 2.75) is 26.7 Å². The highest BCUT2D eigenvalue weighted by Gasteiger charge is 2.26. The number of nitrogens with one attached hydrogen (secondary N) is 1. The molecule has 1 heterocycles. The van der Waals surface area contributed by atoms with E-state index in [0.717, 1.165) is 39.8 Å². The van der Waals surface area contributed by atoms with Crippen LogP contribution in [-0.4, -0.2) is 18.4 Å². The van der Waals surface area contributed by atoms with Crippen LogP contribution in [0.3, 0.4) is 0 Å². The van der Waals surface area contributed by atoms with Crippen LogP contribution in [0.25, 0.3) is 0 Å². The summed E-state index contributed by atoms with van der Waals surface area (Å²) in [5.74, 6) is -0.499. The van der Waals surface area contributed by atoms with Crippen LogP contribution in [0.1, 0.15) is 23.6 Å². The highest BCUT2D eigenvalue weighted by Crippen LogP contribution is 2.37. The zero-order valence-corrected chi connectivity index (χ0v) is 15.3. The van der Waals surface area contributed by atoms with Crippen molar-refractivity contribution in [2.75, 3.05) is 16.8 Å². The fourth-order valence-corrected chi connectivity index (χ4v) is 3.48. The molecule has 2 aromatic carbocycles. The molecule has 0 fully saturated rings. The molecule has 2 aromatic rings. The molecule has 5 heteroatoms. The molecule has 0 aromatic heterocycles. The number of anilines is 2. The Bertz CT molecular complexity index is 800. The number of benzene rings is 2. The Morgan fingerprint density at radius 3 is 2.58 bits per heavy atom. The normalized spacial score (nSPS) is 12.5. The fraction of sp³-hybridized carbons (Fsp3) is 0.263. The van der Waals surface area contributed by atoms with Gasteiger partial charge in [0.1, 0.15) is 0 Å². The lowest BCUT2D eigenvalue weighted by molar-refractivity contribution is -0.125. The van der Waals surface area contributed by atoms with Crippen molar-refractivity contribution < 1.29 is 9.59 Å². The van der Waals surface area contributed by atoms with Crippen molar-refractivity contribution in [2.24, 2.45) is 0 Å². The Labute approximate surface area is 150 Å². The number of carbonyl (C=O) groups is 2. The number of halogens is 1. The van der Waals surface area contributed by atoms with Gasteiger partial charge in [-0.25, -0.2) is 4.90 Å². The molecular formula is C19H19BrN2O2. The largest absolute Gasteiger partial charge is 0.383 e. The predicted molar refractivity (Wildman–Crippen MR) is 99.4 cm³/mol. The van der Waals surface area contributed by atoms with Crippen molar-refractivity contribution in [3.8, 4) is 0 Å². The second-order valence-corrected chi connectivity index (χ2v) is 6.96. The first kappa shape index (κ1) is 16.7. The molecule has 0 spiro atoms.